The van der Waals surface area contributed by atoms with Crippen LogP contribution in [0.5, 0.6) is 0 Å². The minimum Gasteiger partial charge on any atom is -0.330 e. The Hall–Kier alpha value is -1.35. The molecule has 20 heavy (non-hydrogen) atoms. The van der Waals surface area contributed by atoms with Gasteiger partial charge in [0.1, 0.15) is 5.82 Å². The summed E-state index contributed by atoms with van der Waals surface area (Å²) in [7, 11) is 2.09. The molecule has 3 nitrogen and oxygen atoms in total. The second kappa shape index (κ2) is 4.32. The van der Waals surface area contributed by atoms with Crippen LogP contribution in [0.4, 0.5) is 0 Å². The van der Waals surface area contributed by atoms with Crippen LogP contribution in [0.15, 0.2) is 24.3 Å². The summed E-state index contributed by atoms with van der Waals surface area (Å²) < 4.78 is 2.19. The van der Waals surface area contributed by atoms with Crippen LogP contribution in [-0.2, 0) is 13.6 Å². The molecule has 3 heteroatoms. The molecule has 108 valence electrons. The maximum Gasteiger partial charge on any atom is 0.123 e. The lowest BCUT2D eigenvalue weighted by atomic mass is 10.0. The van der Waals surface area contributed by atoms with Crippen molar-refractivity contribution in [2.75, 3.05) is 6.54 Å². The smallest absolute Gasteiger partial charge is 0.123 e. The molecule has 0 aliphatic heterocycles. The molecular formula is C17H25N3. The molecule has 0 bridgehead atoms. The van der Waals surface area contributed by atoms with Crippen molar-refractivity contribution in [3.8, 4) is 0 Å². The fraction of sp³-hybridized carbons (Fsp3) is 0.588. The summed E-state index contributed by atoms with van der Waals surface area (Å²) in [6.07, 6.45) is 0. The molecule has 2 aromatic rings. The van der Waals surface area contributed by atoms with Crippen molar-refractivity contribution in [1.82, 2.24) is 14.9 Å². The summed E-state index contributed by atoms with van der Waals surface area (Å²) in [5, 5.41) is 3.59. The lowest BCUT2D eigenvalue weighted by Gasteiger charge is -2.06. The Labute approximate surface area is 121 Å². The molecule has 0 saturated heterocycles. The first-order valence-electron chi connectivity index (χ1n) is 7.47. The summed E-state index contributed by atoms with van der Waals surface area (Å²) in [6, 6.07) is 8.31. The number of hydrogen-bond acceptors (Lipinski definition) is 2. The zero-order chi connectivity index (χ0) is 14.5. The van der Waals surface area contributed by atoms with Crippen LogP contribution in [0.1, 0.15) is 33.5 Å². The molecular weight excluding hydrogens is 246 g/mol. The molecule has 1 aromatic carbocycles. The fourth-order valence-electron chi connectivity index (χ4n) is 3.53. The largest absolute Gasteiger partial charge is 0.330 e. The van der Waals surface area contributed by atoms with Gasteiger partial charge in [-0.05, 0) is 35.4 Å². The highest BCUT2D eigenvalue weighted by molar-refractivity contribution is 5.75. The molecule has 1 N–H and O–H groups in total. The van der Waals surface area contributed by atoms with E-state index in [1.54, 1.807) is 0 Å². The van der Waals surface area contributed by atoms with Crippen LogP contribution in [0.2, 0.25) is 0 Å². The minimum atomic E-state index is 0.451. The predicted molar refractivity (Wildman–Crippen MR) is 83.5 cm³/mol. The first-order chi connectivity index (χ1) is 9.35. The average Bonchev–Trinajstić information content (AvgIpc) is 2.68. The molecule has 0 spiro atoms. The molecule has 3 rings (SSSR count). The summed E-state index contributed by atoms with van der Waals surface area (Å²) in [5.74, 6) is 1.87. The summed E-state index contributed by atoms with van der Waals surface area (Å²) in [5.41, 5.74) is 3.19. The SMILES string of the molecule is Cn1c(CNCC2C(C)(C)C2(C)C)nc2ccccc21. The van der Waals surface area contributed by atoms with Crippen molar-refractivity contribution in [3.05, 3.63) is 30.1 Å². The van der Waals surface area contributed by atoms with Gasteiger partial charge in [0.25, 0.3) is 0 Å². The maximum atomic E-state index is 4.70. The van der Waals surface area contributed by atoms with Crippen molar-refractivity contribution in [2.45, 2.75) is 34.2 Å². The molecule has 0 unspecified atom stereocenters. The van der Waals surface area contributed by atoms with Gasteiger partial charge in [0.05, 0.1) is 17.6 Å². The first kappa shape index (κ1) is 13.6. The van der Waals surface area contributed by atoms with Gasteiger partial charge in [0.15, 0.2) is 0 Å². The van der Waals surface area contributed by atoms with E-state index < -0.39 is 0 Å². The second-order valence-corrected chi connectivity index (χ2v) is 7.20. The van der Waals surface area contributed by atoms with Crippen LogP contribution in [0.3, 0.4) is 0 Å². The molecule has 1 heterocycles. The van der Waals surface area contributed by atoms with Crippen LogP contribution in [-0.4, -0.2) is 16.1 Å². The molecule has 1 aliphatic rings. The number of nitrogens with zero attached hydrogens (tertiary/aromatic N) is 2. The van der Waals surface area contributed by atoms with Gasteiger partial charge < -0.3 is 9.88 Å². The highest BCUT2D eigenvalue weighted by Gasteiger charge is 2.63. The highest BCUT2D eigenvalue weighted by Crippen LogP contribution is 2.67. The van der Waals surface area contributed by atoms with E-state index >= 15 is 0 Å². The van der Waals surface area contributed by atoms with Gasteiger partial charge in [0, 0.05) is 7.05 Å². The third-order valence-corrected chi connectivity index (χ3v) is 5.83. The fourth-order valence-corrected chi connectivity index (χ4v) is 3.53. The summed E-state index contributed by atoms with van der Waals surface area (Å²) in [4.78, 5) is 4.70. The highest BCUT2D eigenvalue weighted by atomic mass is 15.1. The number of fused-ring (bicyclic) bond motifs is 1. The number of rotatable bonds is 4. The third kappa shape index (κ3) is 1.87. The zero-order valence-electron chi connectivity index (χ0n) is 13.2. The molecule has 0 atom stereocenters. The van der Waals surface area contributed by atoms with Gasteiger partial charge in [-0.1, -0.05) is 39.8 Å². The normalized spacial score (nSPS) is 20.4. The molecule has 1 aromatic heterocycles. The van der Waals surface area contributed by atoms with E-state index in [4.69, 9.17) is 4.98 Å². The Morgan fingerprint density at radius 2 is 1.80 bits per heavy atom. The first-order valence-corrected chi connectivity index (χ1v) is 7.47. The Balaban J connectivity index is 1.65. The molecule has 0 radical (unpaired) electrons. The van der Waals surface area contributed by atoms with E-state index in [2.05, 4.69) is 62.8 Å². The van der Waals surface area contributed by atoms with Crippen molar-refractivity contribution in [2.24, 2.45) is 23.8 Å². The van der Waals surface area contributed by atoms with Gasteiger partial charge in [-0.15, -0.1) is 0 Å². The van der Waals surface area contributed by atoms with E-state index in [1.165, 1.54) is 5.52 Å². The van der Waals surface area contributed by atoms with Crippen molar-refractivity contribution in [1.29, 1.82) is 0 Å². The van der Waals surface area contributed by atoms with Crippen molar-refractivity contribution in [3.63, 3.8) is 0 Å². The Morgan fingerprint density at radius 3 is 2.40 bits per heavy atom. The van der Waals surface area contributed by atoms with Crippen LogP contribution in [0.25, 0.3) is 11.0 Å². The molecule has 1 fully saturated rings. The monoisotopic (exact) mass is 271 g/mol. The van der Waals surface area contributed by atoms with Crippen LogP contribution >= 0.6 is 0 Å². The van der Waals surface area contributed by atoms with E-state index in [1.807, 2.05) is 6.07 Å². The topological polar surface area (TPSA) is 29.9 Å². The van der Waals surface area contributed by atoms with E-state index in [-0.39, 0.29) is 0 Å². The number of aryl methyl sites for hydroxylation is 1. The van der Waals surface area contributed by atoms with E-state index in [0.29, 0.717) is 10.8 Å². The maximum absolute atomic E-state index is 4.70. The average molecular weight is 271 g/mol. The molecule has 1 aliphatic carbocycles. The molecule has 1 saturated carbocycles. The predicted octanol–water partition coefficient (Wildman–Crippen LogP) is 3.35. The number of benzene rings is 1. The van der Waals surface area contributed by atoms with Crippen LogP contribution < -0.4 is 5.32 Å². The zero-order valence-corrected chi connectivity index (χ0v) is 13.2. The van der Waals surface area contributed by atoms with Gasteiger partial charge in [-0.3, -0.25) is 0 Å². The number of aromatic nitrogens is 2. The van der Waals surface area contributed by atoms with Gasteiger partial charge in [-0.2, -0.15) is 0 Å². The van der Waals surface area contributed by atoms with E-state index in [0.717, 1.165) is 30.3 Å². The van der Waals surface area contributed by atoms with Gasteiger partial charge >= 0.3 is 0 Å². The number of hydrogen-bond donors (Lipinski definition) is 1. The lowest BCUT2D eigenvalue weighted by molar-refractivity contribution is 0.457. The quantitative estimate of drug-likeness (QED) is 0.924. The van der Waals surface area contributed by atoms with Crippen molar-refractivity contribution >= 4 is 11.0 Å². The Bertz CT molecular complexity index is 623. The van der Waals surface area contributed by atoms with Gasteiger partial charge in [0.2, 0.25) is 0 Å². The lowest BCUT2D eigenvalue weighted by Crippen LogP contribution is -2.20. The van der Waals surface area contributed by atoms with Crippen LogP contribution in [0, 0.1) is 16.7 Å². The second-order valence-electron chi connectivity index (χ2n) is 7.20. The number of nitrogens with one attached hydrogen (secondary N) is 1. The summed E-state index contributed by atoms with van der Waals surface area (Å²) in [6.45, 7) is 11.4. The Morgan fingerprint density at radius 1 is 1.15 bits per heavy atom. The minimum absolute atomic E-state index is 0.451. The Kier molecular flexibility index (Phi) is 2.94. The number of para-hydroxylation sites is 2. The molecule has 0 amide bonds. The standard InChI is InChI=1S/C17H25N3/c1-16(2)14(17(16,3)4)10-18-11-15-19-12-8-6-7-9-13(12)20(15)5/h6-9,14,18H,10-11H2,1-5H3. The third-order valence-electron chi connectivity index (χ3n) is 5.83. The van der Waals surface area contributed by atoms with Gasteiger partial charge in [-0.25, -0.2) is 4.98 Å². The van der Waals surface area contributed by atoms with Crippen molar-refractivity contribution < 1.29 is 0 Å². The number of imidazole rings is 1. The summed E-state index contributed by atoms with van der Waals surface area (Å²) >= 11 is 0. The van der Waals surface area contributed by atoms with E-state index in [9.17, 15) is 0 Å².